The van der Waals surface area contributed by atoms with Gasteiger partial charge in [0, 0.05) is 22.0 Å². The molecule has 0 amide bonds. The molecule has 1 nitrogen and oxygen atoms in total. The van der Waals surface area contributed by atoms with Crippen LogP contribution in [0.4, 0.5) is 8.78 Å². The van der Waals surface area contributed by atoms with Gasteiger partial charge in [-0.15, -0.1) is 24.4 Å². The Labute approximate surface area is 133 Å². The first-order chi connectivity index (χ1) is 9.97. The highest BCUT2D eigenvalue weighted by Crippen LogP contribution is 2.18. The predicted octanol–water partition coefficient (Wildman–Crippen LogP) is 5.01. The van der Waals surface area contributed by atoms with E-state index in [2.05, 4.69) is 12.6 Å². The van der Waals surface area contributed by atoms with Crippen molar-refractivity contribution in [2.24, 2.45) is 0 Å². The second-order valence-electron chi connectivity index (χ2n) is 4.23. The fourth-order valence-electron chi connectivity index (χ4n) is 1.28. The van der Waals surface area contributed by atoms with Gasteiger partial charge in [-0.3, -0.25) is 4.79 Å². The lowest BCUT2D eigenvalue weighted by Crippen LogP contribution is -1.91. The van der Waals surface area contributed by atoms with E-state index in [-0.39, 0.29) is 17.4 Å². The first-order valence-corrected chi connectivity index (χ1v) is 7.73. The summed E-state index contributed by atoms with van der Waals surface area (Å²) in [6.07, 6.45) is 0.571. The molecule has 0 fully saturated rings. The van der Waals surface area contributed by atoms with Crippen LogP contribution in [-0.2, 0) is 4.79 Å². The third-order valence-electron chi connectivity index (χ3n) is 2.36. The largest absolute Gasteiger partial charge is 0.300 e. The van der Waals surface area contributed by atoms with Crippen LogP contribution in [0.5, 0.6) is 0 Å². The number of thioether (sulfide) groups is 1. The molecule has 0 saturated carbocycles. The van der Waals surface area contributed by atoms with Gasteiger partial charge in [-0.05, 0) is 55.5 Å². The van der Waals surface area contributed by atoms with Gasteiger partial charge in [0.2, 0.25) is 0 Å². The van der Waals surface area contributed by atoms with Gasteiger partial charge in [0.05, 0.1) is 0 Å². The molecule has 5 heteroatoms. The first kappa shape index (κ1) is 17.7. The monoisotopic (exact) mass is 326 g/mol. The Morgan fingerprint density at radius 1 is 1.00 bits per heavy atom. The van der Waals surface area contributed by atoms with Crippen LogP contribution in [0, 0.1) is 11.6 Å². The lowest BCUT2D eigenvalue weighted by Gasteiger charge is -1.98. The first-order valence-electron chi connectivity index (χ1n) is 6.29. The summed E-state index contributed by atoms with van der Waals surface area (Å²) in [5, 5.41) is 0. The summed E-state index contributed by atoms with van der Waals surface area (Å²) >= 11 is 5.53. The van der Waals surface area contributed by atoms with Crippen molar-refractivity contribution in [3.05, 3.63) is 60.2 Å². The number of rotatable bonds is 4. The summed E-state index contributed by atoms with van der Waals surface area (Å²) < 4.78 is 24.5. The average Bonchev–Trinajstić information content (AvgIpc) is 2.45. The van der Waals surface area contributed by atoms with Crippen LogP contribution in [0.2, 0.25) is 0 Å². The summed E-state index contributed by atoms with van der Waals surface area (Å²) in [6, 6.07) is 12.3. The maximum atomic E-state index is 12.5. The van der Waals surface area contributed by atoms with Crippen LogP contribution in [0.15, 0.2) is 58.3 Å². The Kier molecular flexibility index (Phi) is 8.08. The molecule has 0 unspecified atom stereocenters. The van der Waals surface area contributed by atoms with Gasteiger partial charge in [0.25, 0.3) is 0 Å². The van der Waals surface area contributed by atoms with E-state index in [0.717, 1.165) is 15.5 Å². The van der Waals surface area contributed by atoms with Gasteiger partial charge in [-0.25, -0.2) is 8.78 Å². The Morgan fingerprint density at radius 2 is 1.48 bits per heavy atom. The van der Waals surface area contributed by atoms with Crippen molar-refractivity contribution in [1.82, 2.24) is 0 Å². The molecule has 2 aromatic rings. The van der Waals surface area contributed by atoms with E-state index in [9.17, 15) is 13.6 Å². The highest BCUT2D eigenvalue weighted by atomic mass is 32.2. The van der Waals surface area contributed by atoms with Crippen LogP contribution in [0.1, 0.15) is 13.3 Å². The van der Waals surface area contributed by atoms with Crippen molar-refractivity contribution in [2.75, 3.05) is 5.75 Å². The summed E-state index contributed by atoms with van der Waals surface area (Å²) in [4.78, 5) is 12.4. The van der Waals surface area contributed by atoms with Crippen molar-refractivity contribution in [3.8, 4) is 0 Å². The van der Waals surface area contributed by atoms with Gasteiger partial charge >= 0.3 is 0 Å². The Hall–Kier alpha value is -1.33. The Bertz CT molecular complexity index is 532. The molecule has 2 rings (SSSR count). The number of Topliss-reactive ketones (excluding diaryl/α,β-unsaturated/α-hetero) is 1. The lowest BCUT2D eigenvalue weighted by atomic mass is 10.3. The number of halogens is 2. The minimum Gasteiger partial charge on any atom is -0.300 e. The van der Waals surface area contributed by atoms with Crippen molar-refractivity contribution in [3.63, 3.8) is 0 Å². The highest BCUT2D eigenvalue weighted by Gasteiger charge is 1.96. The van der Waals surface area contributed by atoms with Gasteiger partial charge < -0.3 is 0 Å². The Balaban J connectivity index is 0.000000235. The molecule has 0 atom stereocenters. The molecule has 0 aliphatic rings. The van der Waals surface area contributed by atoms with Crippen molar-refractivity contribution in [1.29, 1.82) is 0 Å². The maximum absolute atomic E-state index is 12.5. The van der Waals surface area contributed by atoms with Crippen LogP contribution in [0.3, 0.4) is 0 Å². The van der Waals surface area contributed by atoms with Gasteiger partial charge in [0.1, 0.15) is 17.4 Å². The molecular formula is C16H16F2OS2. The molecule has 0 saturated heterocycles. The fraction of sp³-hybridized carbons (Fsp3) is 0.188. The van der Waals surface area contributed by atoms with E-state index in [1.54, 1.807) is 43.0 Å². The minimum absolute atomic E-state index is 0.189. The zero-order valence-corrected chi connectivity index (χ0v) is 13.3. The molecule has 0 aliphatic carbocycles. The quantitative estimate of drug-likeness (QED) is 0.628. The molecule has 0 radical (unpaired) electrons. The standard InChI is InChI=1S/C10H11FOS.C6H5FS/c1-8(12)6-7-13-10-4-2-9(11)3-5-10;7-5-1-3-6(8)4-2-5/h2-5H,6-7H2,1H3;1-4,8H. The van der Waals surface area contributed by atoms with E-state index in [0.29, 0.717) is 6.42 Å². The van der Waals surface area contributed by atoms with E-state index in [1.165, 1.54) is 24.3 Å². The van der Waals surface area contributed by atoms with Crippen molar-refractivity contribution >= 4 is 30.2 Å². The zero-order chi connectivity index (χ0) is 15.7. The fourth-order valence-corrected chi connectivity index (χ4v) is 2.39. The Morgan fingerprint density at radius 3 is 1.90 bits per heavy atom. The number of hydrogen-bond donors (Lipinski definition) is 1. The molecule has 0 aliphatic heterocycles. The SMILES string of the molecule is CC(=O)CCSc1ccc(F)cc1.Fc1ccc(S)cc1. The molecule has 112 valence electrons. The van der Waals surface area contributed by atoms with Crippen LogP contribution < -0.4 is 0 Å². The molecule has 0 bridgehead atoms. The smallest absolute Gasteiger partial charge is 0.130 e. The summed E-state index contributed by atoms with van der Waals surface area (Å²) in [5.41, 5.74) is 0. The lowest BCUT2D eigenvalue weighted by molar-refractivity contribution is -0.116. The minimum atomic E-state index is -0.226. The number of thiol groups is 1. The molecule has 2 aromatic carbocycles. The van der Waals surface area contributed by atoms with Gasteiger partial charge in [0.15, 0.2) is 0 Å². The van der Waals surface area contributed by atoms with E-state index < -0.39 is 0 Å². The number of hydrogen-bond acceptors (Lipinski definition) is 3. The average molecular weight is 326 g/mol. The van der Waals surface area contributed by atoms with Gasteiger partial charge in [-0.1, -0.05) is 0 Å². The topological polar surface area (TPSA) is 17.1 Å². The molecular weight excluding hydrogens is 310 g/mol. The molecule has 0 N–H and O–H groups in total. The third-order valence-corrected chi connectivity index (χ3v) is 3.68. The highest BCUT2D eigenvalue weighted by molar-refractivity contribution is 7.99. The van der Waals surface area contributed by atoms with Crippen LogP contribution in [-0.4, -0.2) is 11.5 Å². The molecule has 21 heavy (non-hydrogen) atoms. The van der Waals surface area contributed by atoms with E-state index in [1.807, 2.05) is 0 Å². The second kappa shape index (κ2) is 9.58. The third kappa shape index (κ3) is 8.52. The maximum Gasteiger partial charge on any atom is 0.130 e. The zero-order valence-electron chi connectivity index (χ0n) is 11.6. The van der Waals surface area contributed by atoms with Crippen LogP contribution in [0.25, 0.3) is 0 Å². The molecule has 0 aromatic heterocycles. The van der Waals surface area contributed by atoms with Crippen LogP contribution >= 0.6 is 24.4 Å². The van der Waals surface area contributed by atoms with E-state index in [4.69, 9.17) is 0 Å². The number of carbonyl (C=O) groups is 1. The summed E-state index contributed by atoms with van der Waals surface area (Å²) in [5.74, 6) is 0.509. The van der Waals surface area contributed by atoms with Gasteiger partial charge in [-0.2, -0.15) is 0 Å². The molecule has 0 heterocycles. The van der Waals surface area contributed by atoms with Crippen molar-refractivity contribution < 1.29 is 13.6 Å². The molecule has 0 spiro atoms. The number of benzene rings is 2. The van der Waals surface area contributed by atoms with Crippen molar-refractivity contribution in [2.45, 2.75) is 23.1 Å². The summed E-state index contributed by atoms with van der Waals surface area (Å²) in [6.45, 7) is 1.57. The second-order valence-corrected chi connectivity index (χ2v) is 5.92. The number of ketones is 1. The number of carbonyl (C=O) groups excluding carboxylic acids is 1. The normalized spacial score (nSPS) is 9.71. The predicted molar refractivity (Wildman–Crippen MR) is 86.1 cm³/mol. The van der Waals surface area contributed by atoms with E-state index >= 15 is 0 Å². The summed E-state index contributed by atoms with van der Waals surface area (Å²) in [7, 11) is 0.